The van der Waals surface area contributed by atoms with Crippen molar-refractivity contribution in [2.24, 2.45) is 5.73 Å². The molecule has 2 aromatic carbocycles. The molecule has 1 unspecified atom stereocenters. The summed E-state index contributed by atoms with van der Waals surface area (Å²) in [7, 11) is 0. The van der Waals surface area contributed by atoms with Gasteiger partial charge in [0.2, 0.25) is 0 Å². The van der Waals surface area contributed by atoms with E-state index in [1.807, 2.05) is 0 Å². The number of halogens is 4. The molecule has 0 saturated heterocycles. The lowest BCUT2D eigenvalue weighted by Gasteiger charge is -2.14. The molecule has 0 amide bonds. The Balaban J connectivity index is 2.44. The third kappa shape index (κ3) is 2.71. The van der Waals surface area contributed by atoms with Crippen molar-refractivity contribution in [3.63, 3.8) is 0 Å². The lowest BCUT2D eigenvalue weighted by atomic mass is 9.99. The van der Waals surface area contributed by atoms with Crippen molar-refractivity contribution < 1.29 is 8.78 Å². The number of hydrogen-bond acceptors (Lipinski definition) is 1. The van der Waals surface area contributed by atoms with Gasteiger partial charge in [0.25, 0.3) is 0 Å². The fourth-order valence-corrected chi connectivity index (χ4v) is 2.07. The Bertz CT molecular complexity index is 589. The van der Waals surface area contributed by atoms with E-state index in [2.05, 4.69) is 15.9 Å². The van der Waals surface area contributed by atoms with Gasteiger partial charge in [0, 0.05) is 10.0 Å². The van der Waals surface area contributed by atoms with Crippen LogP contribution in [0, 0.1) is 11.6 Å². The zero-order chi connectivity index (χ0) is 13.3. The first-order chi connectivity index (χ1) is 8.49. The first kappa shape index (κ1) is 13.5. The largest absolute Gasteiger partial charge is 0.320 e. The van der Waals surface area contributed by atoms with Crippen LogP contribution in [0.5, 0.6) is 0 Å². The molecule has 0 aliphatic carbocycles. The van der Waals surface area contributed by atoms with Crippen molar-refractivity contribution in [2.45, 2.75) is 6.04 Å². The summed E-state index contributed by atoms with van der Waals surface area (Å²) in [6, 6.07) is 7.51. The molecule has 2 rings (SSSR count). The van der Waals surface area contributed by atoms with E-state index in [9.17, 15) is 8.78 Å². The molecule has 0 bridgehead atoms. The molecule has 1 nitrogen and oxygen atoms in total. The molecule has 0 aromatic heterocycles. The zero-order valence-electron chi connectivity index (χ0n) is 9.13. The van der Waals surface area contributed by atoms with Gasteiger partial charge >= 0.3 is 0 Å². The molecular formula is C13H9BrClF2N. The molecule has 1 atom stereocenters. The summed E-state index contributed by atoms with van der Waals surface area (Å²) in [6.07, 6.45) is 0. The van der Waals surface area contributed by atoms with E-state index < -0.39 is 17.7 Å². The Morgan fingerprint density at radius 1 is 1.11 bits per heavy atom. The molecule has 0 saturated carbocycles. The number of rotatable bonds is 2. The normalized spacial score (nSPS) is 12.5. The summed E-state index contributed by atoms with van der Waals surface area (Å²) in [5.74, 6) is -1.06. The van der Waals surface area contributed by atoms with Crippen molar-refractivity contribution in [3.05, 3.63) is 68.7 Å². The Morgan fingerprint density at radius 2 is 1.83 bits per heavy atom. The molecule has 2 aromatic rings. The molecule has 0 fully saturated rings. The van der Waals surface area contributed by atoms with E-state index >= 15 is 0 Å². The van der Waals surface area contributed by atoms with Gasteiger partial charge in [-0.3, -0.25) is 0 Å². The lowest BCUT2D eigenvalue weighted by molar-refractivity contribution is 0.576. The predicted octanol–water partition coefficient (Wildman–Crippen LogP) is 4.43. The number of benzene rings is 2. The van der Waals surface area contributed by atoms with Gasteiger partial charge in [-0.15, -0.1) is 0 Å². The second-order valence-corrected chi connectivity index (χ2v) is 5.08. The summed E-state index contributed by atoms with van der Waals surface area (Å²) in [5, 5.41) is 0.472. The van der Waals surface area contributed by atoms with Crippen molar-refractivity contribution >= 4 is 27.5 Å². The highest BCUT2D eigenvalue weighted by molar-refractivity contribution is 9.10. The average molecular weight is 333 g/mol. The van der Waals surface area contributed by atoms with Gasteiger partial charge in [-0.25, -0.2) is 8.78 Å². The van der Waals surface area contributed by atoms with Gasteiger partial charge in [-0.1, -0.05) is 17.7 Å². The molecule has 18 heavy (non-hydrogen) atoms. The van der Waals surface area contributed by atoms with E-state index in [1.54, 1.807) is 18.2 Å². The molecule has 0 radical (unpaired) electrons. The van der Waals surface area contributed by atoms with Crippen molar-refractivity contribution in [1.29, 1.82) is 0 Å². The Labute approximate surface area is 117 Å². The first-order valence-electron chi connectivity index (χ1n) is 5.14. The van der Waals surface area contributed by atoms with Crippen LogP contribution in [0.15, 0.2) is 40.9 Å². The molecule has 94 valence electrons. The minimum atomic E-state index is -0.758. The molecule has 2 N–H and O–H groups in total. The maximum atomic E-state index is 13.6. The minimum absolute atomic E-state index is 0.105. The summed E-state index contributed by atoms with van der Waals surface area (Å²) >= 11 is 9.20. The van der Waals surface area contributed by atoms with Crippen molar-refractivity contribution in [1.82, 2.24) is 0 Å². The Kier molecular flexibility index (Phi) is 4.00. The highest BCUT2D eigenvalue weighted by Crippen LogP contribution is 2.29. The first-order valence-corrected chi connectivity index (χ1v) is 6.31. The summed E-state index contributed by atoms with van der Waals surface area (Å²) in [4.78, 5) is 0. The average Bonchev–Trinajstić information content (AvgIpc) is 2.35. The smallest absolute Gasteiger partial charge is 0.128 e. The zero-order valence-corrected chi connectivity index (χ0v) is 11.5. The number of hydrogen-bond donors (Lipinski definition) is 1. The van der Waals surface area contributed by atoms with Gasteiger partial charge in [-0.2, -0.15) is 0 Å². The lowest BCUT2D eigenvalue weighted by Crippen LogP contribution is -2.14. The van der Waals surface area contributed by atoms with Crippen LogP contribution >= 0.6 is 27.5 Å². The highest BCUT2D eigenvalue weighted by atomic mass is 79.9. The second-order valence-electron chi connectivity index (χ2n) is 3.82. The topological polar surface area (TPSA) is 26.0 Å². The summed E-state index contributed by atoms with van der Waals surface area (Å²) in [6.45, 7) is 0. The SMILES string of the molecule is NC(c1ccc(Br)c(Cl)c1)c1cc(F)ccc1F. The van der Waals surface area contributed by atoms with Gasteiger partial charge in [0.15, 0.2) is 0 Å². The molecular weight excluding hydrogens is 324 g/mol. The van der Waals surface area contributed by atoms with E-state index in [1.165, 1.54) is 0 Å². The predicted molar refractivity (Wildman–Crippen MR) is 71.5 cm³/mol. The maximum absolute atomic E-state index is 13.6. The van der Waals surface area contributed by atoms with Crippen LogP contribution in [0.1, 0.15) is 17.2 Å². The van der Waals surface area contributed by atoms with Crippen molar-refractivity contribution in [3.8, 4) is 0 Å². The van der Waals surface area contributed by atoms with Crippen LogP contribution < -0.4 is 5.73 Å². The molecule has 0 aliphatic heterocycles. The fourth-order valence-electron chi connectivity index (χ4n) is 1.64. The highest BCUT2D eigenvalue weighted by Gasteiger charge is 2.15. The van der Waals surface area contributed by atoms with Gasteiger partial charge in [-0.05, 0) is 51.8 Å². The Hall–Kier alpha value is -0.970. The van der Waals surface area contributed by atoms with E-state index in [-0.39, 0.29) is 5.56 Å². The monoisotopic (exact) mass is 331 g/mol. The standard InChI is InChI=1S/C13H9BrClF2N/c14-10-3-1-7(5-11(10)15)13(18)9-6-8(16)2-4-12(9)17/h1-6,13H,18H2. The quantitative estimate of drug-likeness (QED) is 0.865. The van der Waals surface area contributed by atoms with Crippen LogP contribution in [0.25, 0.3) is 0 Å². The van der Waals surface area contributed by atoms with Crippen LogP contribution in [0.2, 0.25) is 5.02 Å². The van der Waals surface area contributed by atoms with E-state index in [0.29, 0.717) is 10.6 Å². The van der Waals surface area contributed by atoms with Crippen LogP contribution in [0.4, 0.5) is 8.78 Å². The third-order valence-electron chi connectivity index (χ3n) is 2.60. The van der Waals surface area contributed by atoms with Crippen LogP contribution in [-0.4, -0.2) is 0 Å². The molecule has 0 heterocycles. The van der Waals surface area contributed by atoms with Crippen LogP contribution in [0.3, 0.4) is 0 Å². The van der Waals surface area contributed by atoms with Gasteiger partial charge in [0.05, 0.1) is 11.1 Å². The molecule has 5 heteroatoms. The van der Waals surface area contributed by atoms with E-state index in [4.69, 9.17) is 17.3 Å². The third-order valence-corrected chi connectivity index (χ3v) is 3.83. The summed E-state index contributed by atoms with van der Waals surface area (Å²) < 4.78 is 27.4. The molecule has 0 aliphatic rings. The minimum Gasteiger partial charge on any atom is -0.320 e. The summed E-state index contributed by atoms with van der Waals surface area (Å²) in [5.41, 5.74) is 6.65. The van der Waals surface area contributed by atoms with Crippen molar-refractivity contribution in [2.75, 3.05) is 0 Å². The van der Waals surface area contributed by atoms with Gasteiger partial charge < -0.3 is 5.73 Å². The van der Waals surface area contributed by atoms with Crippen LogP contribution in [-0.2, 0) is 0 Å². The Morgan fingerprint density at radius 3 is 2.50 bits per heavy atom. The fraction of sp³-hybridized carbons (Fsp3) is 0.0769. The maximum Gasteiger partial charge on any atom is 0.128 e. The van der Waals surface area contributed by atoms with Gasteiger partial charge in [0.1, 0.15) is 11.6 Å². The molecule has 0 spiro atoms. The number of nitrogens with two attached hydrogens (primary N) is 1. The van der Waals surface area contributed by atoms with E-state index in [0.717, 1.165) is 22.7 Å². The second kappa shape index (κ2) is 5.34.